The van der Waals surface area contributed by atoms with Gasteiger partial charge in [0.15, 0.2) is 0 Å². The van der Waals surface area contributed by atoms with Gasteiger partial charge in [-0.1, -0.05) is 30.3 Å². The Balaban J connectivity index is 1.79. The Morgan fingerprint density at radius 3 is 2.42 bits per heavy atom. The standard InChI is InChI=1S/C16H25NO2/c1-14(2)19-13-16(18)8-10-17(11-9-16)12-15-6-4-3-5-7-15/h3-7,14,18H,8-13H2,1-2H3. The minimum atomic E-state index is -0.628. The van der Waals surface area contributed by atoms with Gasteiger partial charge in [0.1, 0.15) is 0 Å². The number of hydrogen-bond donors (Lipinski definition) is 1. The molecule has 2 rings (SSSR count). The monoisotopic (exact) mass is 263 g/mol. The smallest absolute Gasteiger partial charge is 0.0904 e. The van der Waals surface area contributed by atoms with E-state index in [9.17, 15) is 5.11 Å². The molecular formula is C16H25NO2. The average Bonchev–Trinajstić information content (AvgIpc) is 2.41. The van der Waals surface area contributed by atoms with Crippen molar-refractivity contribution in [2.24, 2.45) is 0 Å². The molecule has 106 valence electrons. The fraction of sp³-hybridized carbons (Fsp3) is 0.625. The summed E-state index contributed by atoms with van der Waals surface area (Å²) in [5.74, 6) is 0. The first-order valence-electron chi connectivity index (χ1n) is 7.18. The molecule has 0 radical (unpaired) electrons. The molecule has 0 aromatic heterocycles. The molecule has 0 bridgehead atoms. The van der Waals surface area contributed by atoms with Crippen LogP contribution in [0.15, 0.2) is 30.3 Å². The summed E-state index contributed by atoms with van der Waals surface area (Å²) in [5.41, 5.74) is 0.712. The maximum atomic E-state index is 10.5. The van der Waals surface area contributed by atoms with Crippen molar-refractivity contribution >= 4 is 0 Å². The predicted octanol–water partition coefficient (Wildman–Crippen LogP) is 2.44. The normalized spacial score (nSPS) is 19.8. The summed E-state index contributed by atoms with van der Waals surface area (Å²) < 4.78 is 5.57. The van der Waals surface area contributed by atoms with Gasteiger partial charge < -0.3 is 9.84 Å². The van der Waals surface area contributed by atoms with Crippen LogP contribution in [0.2, 0.25) is 0 Å². The molecule has 1 fully saturated rings. The zero-order valence-corrected chi connectivity index (χ0v) is 12.0. The van der Waals surface area contributed by atoms with Gasteiger partial charge in [0, 0.05) is 19.6 Å². The number of aliphatic hydroxyl groups is 1. The summed E-state index contributed by atoms with van der Waals surface area (Å²) in [6.07, 6.45) is 1.78. The van der Waals surface area contributed by atoms with Crippen LogP contribution in [0.3, 0.4) is 0 Å². The van der Waals surface area contributed by atoms with Crippen LogP contribution in [0.25, 0.3) is 0 Å². The molecule has 0 atom stereocenters. The summed E-state index contributed by atoms with van der Waals surface area (Å²) in [7, 11) is 0. The molecule has 1 saturated heterocycles. The number of ether oxygens (including phenoxy) is 1. The minimum absolute atomic E-state index is 0.186. The van der Waals surface area contributed by atoms with Crippen LogP contribution in [0, 0.1) is 0 Å². The Morgan fingerprint density at radius 2 is 1.84 bits per heavy atom. The van der Waals surface area contributed by atoms with Crippen molar-refractivity contribution in [3.05, 3.63) is 35.9 Å². The molecule has 0 spiro atoms. The van der Waals surface area contributed by atoms with E-state index in [0.717, 1.165) is 32.5 Å². The SMILES string of the molecule is CC(C)OCC1(O)CCN(Cc2ccccc2)CC1. The van der Waals surface area contributed by atoms with Crippen LogP contribution in [-0.4, -0.2) is 41.4 Å². The number of hydrogen-bond acceptors (Lipinski definition) is 3. The summed E-state index contributed by atoms with van der Waals surface area (Å²) in [6.45, 7) is 7.33. The summed E-state index contributed by atoms with van der Waals surface area (Å²) in [4.78, 5) is 2.40. The van der Waals surface area contributed by atoms with Crippen molar-refractivity contribution in [2.45, 2.75) is 44.9 Å². The van der Waals surface area contributed by atoms with Gasteiger partial charge in [-0.25, -0.2) is 0 Å². The number of rotatable bonds is 5. The third kappa shape index (κ3) is 4.60. The Morgan fingerprint density at radius 1 is 1.21 bits per heavy atom. The lowest BCUT2D eigenvalue weighted by molar-refractivity contribution is -0.0953. The number of benzene rings is 1. The van der Waals surface area contributed by atoms with E-state index in [0.29, 0.717) is 6.61 Å². The van der Waals surface area contributed by atoms with E-state index in [1.807, 2.05) is 19.9 Å². The molecule has 0 aliphatic carbocycles. The van der Waals surface area contributed by atoms with Crippen molar-refractivity contribution in [2.75, 3.05) is 19.7 Å². The molecule has 3 nitrogen and oxygen atoms in total. The van der Waals surface area contributed by atoms with Crippen molar-refractivity contribution < 1.29 is 9.84 Å². The minimum Gasteiger partial charge on any atom is -0.387 e. The van der Waals surface area contributed by atoms with Gasteiger partial charge in [0.25, 0.3) is 0 Å². The van der Waals surface area contributed by atoms with E-state index in [2.05, 4.69) is 29.2 Å². The Hall–Kier alpha value is -0.900. The fourth-order valence-corrected chi connectivity index (χ4v) is 2.44. The lowest BCUT2D eigenvalue weighted by Gasteiger charge is -2.38. The molecule has 1 aliphatic heterocycles. The second kappa shape index (κ2) is 6.51. The largest absolute Gasteiger partial charge is 0.387 e. The third-order valence-corrected chi connectivity index (χ3v) is 3.72. The summed E-state index contributed by atoms with van der Waals surface area (Å²) >= 11 is 0. The second-order valence-electron chi connectivity index (χ2n) is 5.85. The lowest BCUT2D eigenvalue weighted by Crippen LogP contribution is -2.47. The molecule has 1 N–H and O–H groups in total. The first-order valence-corrected chi connectivity index (χ1v) is 7.18. The highest BCUT2D eigenvalue weighted by Gasteiger charge is 2.32. The molecule has 1 aromatic carbocycles. The van der Waals surface area contributed by atoms with Gasteiger partial charge in [-0.05, 0) is 32.3 Å². The highest BCUT2D eigenvalue weighted by Crippen LogP contribution is 2.24. The maximum absolute atomic E-state index is 10.5. The Kier molecular flexibility index (Phi) is 4.97. The van der Waals surface area contributed by atoms with E-state index in [4.69, 9.17) is 4.74 Å². The number of nitrogens with zero attached hydrogens (tertiary/aromatic N) is 1. The maximum Gasteiger partial charge on any atom is 0.0904 e. The molecule has 0 amide bonds. The number of piperidine rings is 1. The van der Waals surface area contributed by atoms with Gasteiger partial charge in [0.05, 0.1) is 18.3 Å². The highest BCUT2D eigenvalue weighted by molar-refractivity contribution is 5.14. The van der Waals surface area contributed by atoms with Crippen molar-refractivity contribution in [1.29, 1.82) is 0 Å². The van der Waals surface area contributed by atoms with E-state index in [1.54, 1.807) is 0 Å². The van der Waals surface area contributed by atoms with Crippen LogP contribution < -0.4 is 0 Å². The Bertz CT molecular complexity index is 370. The molecule has 0 saturated carbocycles. The van der Waals surface area contributed by atoms with E-state index in [1.165, 1.54) is 5.56 Å². The summed E-state index contributed by atoms with van der Waals surface area (Å²) in [6, 6.07) is 10.5. The van der Waals surface area contributed by atoms with Crippen molar-refractivity contribution in [3.8, 4) is 0 Å². The van der Waals surface area contributed by atoms with E-state index in [-0.39, 0.29) is 6.10 Å². The zero-order valence-electron chi connectivity index (χ0n) is 12.0. The van der Waals surface area contributed by atoms with Gasteiger partial charge >= 0.3 is 0 Å². The van der Waals surface area contributed by atoms with Gasteiger partial charge in [-0.3, -0.25) is 4.90 Å². The average molecular weight is 263 g/mol. The lowest BCUT2D eigenvalue weighted by atomic mass is 9.92. The van der Waals surface area contributed by atoms with Crippen LogP contribution >= 0.6 is 0 Å². The van der Waals surface area contributed by atoms with Crippen molar-refractivity contribution in [1.82, 2.24) is 4.90 Å². The molecule has 1 heterocycles. The second-order valence-corrected chi connectivity index (χ2v) is 5.85. The quantitative estimate of drug-likeness (QED) is 0.885. The highest BCUT2D eigenvalue weighted by atomic mass is 16.5. The number of likely N-dealkylation sites (tertiary alicyclic amines) is 1. The third-order valence-electron chi connectivity index (χ3n) is 3.72. The van der Waals surface area contributed by atoms with Crippen LogP contribution in [0.4, 0.5) is 0 Å². The molecule has 3 heteroatoms. The van der Waals surface area contributed by atoms with Crippen LogP contribution in [-0.2, 0) is 11.3 Å². The van der Waals surface area contributed by atoms with Gasteiger partial charge in [-0.15, -0.1) is 0 Å². The van der Waals surface area contributed by atoms with E-state index >= 15 is 0 Å². The first kappa shape index (κ1) is 14.5. The predicted molar refractivity (Wildman–Crippen MR) is 77.0 cm³/mol. The molecule has 19 heavy (non-hydrogen) atoms. The Labute approximate surface area is 116 Å². The zero-order chi connectivity index (χ0) is 13.7. The molecule has 1 aromatic rings. The molecular weight excluding hydrogens is 238 g/mol. The van der Waals surface area contributed by atoms with Gasteiger partial charge in [0.2, 0.25) is 0 Å². The first-order chi connectivity index (χ1) is 9.07. The summed E-state index contributed by atoms with van der Waals surface area (Å²) in [5, 5.41) is 10.5. The van der Waals surface area contributed by atoms with E-state index < -0.39 is 5.60 Å². The van der Waals surface area contributed by atoms with Crippen LogP contribution in [0.5, 0.6) is 0 Å². The van der Waals surface area contributed by atoms with Crippen molar-refractivity contribution in [3.63, 3.8) is 0 Å². The molecule has 0 unspecified atom stereocenters. The topological polar surface area (TPSA) is 32.7 Å². The molecule has 1 aliphatic rings. The fourth-order valence-electron chi connectivity index (χ4n) is 2.44. The van der Waals surface area contributed by atoms with Crippen LogP contribution in [0.1, 0.15) is 32.3 Å². The van der Waals surface area contributed by atoms with Gasteiger partial charge in [-0.2, -0.15) is 0 Å².